The molecular weight excluding hydrogens is 282 g/mol. The largest absolute Gasteiger partial charge is 0.493 e. The van der Waals surface area contributed by atoms with Crippen LogP contribution in [0, 0.1) is 0 Å². The molecule has 0 aliphatic rings. The summed E-state index contributed by atoms with van der Waals surface area (Å²) in [7, 11) is 6.74. The Labute approximate surface area is 132 Å². The lowest BCUT2D eigenvalue weighted by atomic mass is 10.1. The van der Waals surface area contributed by atoms with Gasteiger partial charge in [0.15, 0.2) is 17.5 Å². The molecule has 0 heterocycles. The van der Waals surface area contributed by atoms with Crippen LogP contribution in [0.3, 0.4) is 0 Å². The Hall–Kier alpha value is -1.95. The van der Waals surface area contributed by atoms with Crippen molar-refractivity contribution in [2.75, 3.05) is 48.1 Å². The first-order valence-electron chi connectivity index (χ1n) is 7.39. The monoisotopic (exact) mass is 309 g/mol. The van der Waals surface area contributed by atoms with Crippen LogP contribution in [0.4, 0.5) is 0 Å². The average Bonchev–Trinajstić information content (AvgIpc) is 2.56. The number of rotatable bonds is 9. The smallest absolute Gasteiger partial charge is 0.191 e. The van der Waals surface area contributed by atoms with Gasteiger partial charge in [0.1, 0.15) is 0 Å². The molecule has 0 radical (unpaired) electrons. The number of guanidine groups is 1. The quantitative estimate of drug-likeness (QED) is 0.411. The normalized spacial score (nSPS) is 11.2. The number of nitrogens with one attached hydrogen (secondary N) is 2. The van der Waals surface area contributed by atoms with Gasteiger partial charge in [0.2, 0.25) is 0 Å². The molecule has 124 valence electrons. The summed E-state index contributed by atoms with van der Waals surface area (Å²) in [6, 6.07) is 6.02. The fraction of sp³-hybridized carbons (Fsp3) is 0.562. The standard InChI is InChI=1S/C16H27N3O3/c1-17-16(19-10-11-20-2)18-9-5-6-13-7-8-14(21-3)15(12-13)22-4/h7-8,12H,5-6,9-11H2,1-4H3,(H2,17,18,19). The van der Waals surface area contributed by atoms with Crippen LogP contribution in [0.1, 0.15) is 12.0 Å². The SMILES string of the molecule is CN=C(NCCCc1ccc(OC)c(OC)c1)NCCOC. The van der Waals surface area contributed by atoms with Crippen molar-refractivity contribution in [3.63, 3.8) is 0 Å². The zero-order valence-electron chi connectivity index (χ0n) is 13.9. The number of aliphatic imine (C=N–C) groups is 1. The molecule has 0 aromatic heterocycles. The molecule has 0 aliphatic heterocycles. The zero-order chi connectivity index (χ0) is 16.2. The van der Waals surface area contributed by atoms with Gasteiger partial charge in [-0.3, -0.25) is 4.99 Å². The Bertz CT molecular complexity index is 464. The van der Waals surface area contributed by atoms with Gasteiger partial charge in [-0.15, -0.1) is 0 Å². The van der Waals surface area contributed by atoms with E-state index >= 15 is 0 Å². The van der Waals surface area contributed by atoms with E-state index in [1.165, 1.54) is 5.56 Å². The van der Waals surface area contributed by atoms with Crippen molar-refractivity contribution in [3.05, 3.63) is 23.8 Å². The molecule has 0 saturated heterocycles. The summed E-state index contributed by atoms with van der Waals surface area (Å²) in [5, 5.41) is 6.46. The third-order valence-electron chi connectivity index (χ3n) is 3.20. The van der Waals surface area contributed by atoms with Crippen molar-refractivity contribution >= 4 is 5.96 Å². The number of ether oxygens (including phenoxy) is 3. The van der Waals surface area contributed by atoms with Gasteiger partial charge in [0.05, 0.1) is 20.8 Å². The first-order valence-corrected chi connectivity index (χ1v) is 7.39. The minimum atomic E-state index is 0.659. The Kier molecular flexibility index (Phi) is 8.83. The van der Waals surface area contributed by atoms with Gasteiger partial charge in [-0.1, -0.05) is 6.07 Å². The highest BCUT2D eigenvalue weighted by molar-refractivity contribution is 5.79. The first kappa shape index (κ1) is 18.1. The molecule has 2 N–H and O–H groups in total. The summed E-state index contributed by atoms with van der Waals surface area (Å²) >= 11 is 0. The molecule has 0 aliphatic carbocycles. The lowest BCUT2D eigenvalue weighted by molar-refractivity contribution is 0.203. The van der Waals surface area contributed by atoms with Crippen molar-refractivity contribution in [1.29, 1.82) is 0 Å². The summed E-state index contributed by atoms with van der Waals surface area (Å²) in [6.45, 7) is 2.25. The van der Waals surface area contributed by atoms with E-state index in [0.29, 0.717) is 6.61 Å². The van der Waals surface area contributed by atoms with Crippen molar-refractivity contribution in [2.24, 2.45) is 4.99 Å². The summed E-state index contributed by atoms with van der Waals surface area (Å²) in [4.78, 5) is 4.16. The fourth-order valence-corrected chi connectivity index (χ4v) is 2.03. The molecule has 0 bridgehead atoms. The molecule has 0 atom stereocenters. The summed E-state index contributed by atoms with van der Waals surface area (Å²) in [5.41, 5.74) is 1.22. The maximum absolute atomic E-state index is 5.31. The van der Waals surface area contributed by atoms with E-state index in [2.05, 4.69) is 21.7 Å². The van der Waals surface area contributed by atoms with Crippen LogP contribution in [0.15, 0.2) is 23.2 Å². The van der Waals surface area contributed by atoms with Crippen LogP contribution < -0.4 is 20.1 Å². The van der Waals surface area contributed by atoms with Gasteiger partial charge < -0.3 is 24.8 Å². The zero-order valence-corrected chi connectivity index (χ0v) is 13.9. The van der Waals surface area contributed by atoms with Gasteiger partial charge in [-0.05, 0) is 30.5 Å². The maximum Gasteiger partial charge on any atom is 0.191 e. The summed E-state index contributed by atoms with van der Waals surface area (Å²) < 4.78 is 15.5. The molecule has 22 heavy (non-hydrogen) atoms. The van der Waals surface area contributed by atoms with E-state index in [1.807, 2.05) is 12.1 Å². The second-order valence-corrected chi connectivity index (χ2v) is 4.71. The predicted molar refractivity (Wildman–Crippen MR) is 89.1 cm³/mol. The summed E-state index contributed by atoms with van der Waals surface area (Å²) in [5.74, 6) is 2.32. The van der Waals surface area contributed by atoms with Crippen molar-refractivity contribution in [2.45, 2.75) is 12.8 Å². The summed E-state index contributed by atoms with van der Waals surface area (Å²) in [6.07, 6.45) is 1.96. The number of aryl methyl sites for hydroxylation is 1. The lowest BCUT2D eigenvalue weighted by Gasteiger charge is -2.12. The fourth-order valence-electron chi connectivity index (χ4n) is 2.03. The average molecular weight is 309 g/mol. The van der Waals surface area contributed by atoms with Crippen molar-refractivity contribution < 1.29 is 14.2 Å². The molecular formula is C16H27N3O3. The molecule has 0 unspecified atom stereocenters. The van der Waals surface area contributed by atoms with Gasteiger partial charge in [-0.25, -0.2) is 0 Å². The number of hydrogen-bond acceptors (Lipinski definition) is 4. The number of hydrogen-bond donors (Lipinski definition) is 2. The predicted octanol–water partition coefficient (Wildman–Crippen LogP) is 1.45. The van der Waals surface area contributed by atoms with Crippen LogP contribution in [0.2, 0.25) is 0 Å². The lowest BCUT2D eigenvalue weighted by Crippen LogP contribution is -2.39. The van der Waals surface area contributed by atoms with Gasteiger partial charge in [0.25, 0.3) is 0 Å². The number of methoxy groups -OCH3 is 3. The van der Waals surface area contributed by atoms with Crippen molar-refractivity contribution in [1.82, 2.24) is 10.6 Å². The maximum atomic E-state index is 5.31. The highest BCUT2D eigenvalue weighted by Gasteiger charge is 2.04. The van der Waals surface area contributed by atoms with Crippen molar-refractivity contribution in [3.8, 4) is 11.5 Å². The minimum absolute atomic E-state index is 0.659. The molecule has 0 amide bonds. The molecule has 1 rings (SSSR count). The van der Waals surface area contributed by atoms with Crippen LogP contribution in [0.5, 0.6) is 11.5 Å². The van der Waals surface area contributed by atoms with E-state index in [0.717, 1.165) is 43.4 Å². The van der Waals surface area contributed by atoms with Crippen LogP contribution in [-0.4, -0.2) is 54.0 Å². The Morgan fingerprint density at radius 3 is 2.41 bits per heavy atom. The molecule has 0 fully saturated rings. The molecule has 6 nitrogen and oxygen atoms in total. The van der Waals surface area contributed by atoms with Crippen LogP contribution in [-0.2, 0) is 11.2 Å². The molecule has 1 aromatic carbocycles. The highest BCUT2D eigenvalue weighted by atomic mass is 16.5. The number of benzene rings is 1. The second kappa shape index (κ2) is 10.7. The van der Waals surface area contributed by atoms with Crippen LogP contribution >= 0.6 is 0 Å². The van der Waals surface area contributed by atoms with Gasteiger partial charge in [-0.2, -0.15) is 0 Å². The van der Waals surface area contributed by atoms with E-state index in [4.69, 9.17) is 14.2 Å². The van der Waals surface area contributed by atoms with Crippen LogP contribution in [0.25, 0.3) is 0 Å². The third kappa shape index (κ3) is 6.22. The minimum Gasteiger partial charge on any atom is -0.493 e. The van der Waals surface area contributed by atoms with E-state index in [1.54, 1.807) is 28.4 Å². The third-order valence-corrected chi connectivity index (χ3v) is 3.20. The van der Waals surface area contributed by atoms with Gasteiger partial charge in [0, 0.05) is 27.2 Å². The molecule has 1 aromatic rings. The number of nitrogens with zero attached hydrogens (tertiary/aromatic N) is 1. The van der Waals surface area contributed by atoms with E-state index < -0.39 is 0 Å². The topological polar surface area (TPSA) is 64.1 Å². The van der Waals surface area contributed by atoms with Gasteiger partial charge >= 0.3 is 0 Å². The Balaban J connectivity index is 2.34. The molecule has 0 saturated carbocycles. The Morgan fingerprint density at radius 1 is 1.05 bits per heavy atom. The molecule has 6 heteroatoms. The van der Waals surface area contributed by atoms with E-state index in [-0.39, 0.29) is 0 Å². The second-order valence-electron chi connectivity index (χ2n) is 4.71. The highest BCUT2D eigenvalue weighted by Crippen LogP contribution is 2.27. The van der Waals surface area contributed by atoms with E-state index in [9.17, 15) is 0 Å². The Morgan fingerprint density at radius 2 is 1.77 bits per heavy atom. The molecule has 0 spiro atoms. The first-order chi connectivity index (χ1) is 10.7.